The van der Waals surface area contributed by atoms with Crippen molar-refractivity contribution in [2.75, 3.05) is 26.4 Å². The second-order valence-corrected chi connectivity index (χ2v) is 3.95. The quantitative estimate of drug-likeness (QED) is 0.460. The third-order valence-corrected chi connectivity index (χ3v) is 2.53. The minimum Gasteiger partial charge on any atom is -1.00 e. The molecule has 5 heteroatoms. The first-order valence-corrected chi connectivity index (χ1v) is 5.20. The molecule has 92 valence electrons. The van der Waals surface area contributed by atoms with Crippen molar-refractivity contribution < 1.29 is 51.0 Å². The van der Waals surface area contributed by atoms with Gasteiger partial charge in [0.1, 0.15) is 0 Å². The Morgan fingerprint density at radius 1 is 1.00 bits per heavy atom. The first kappa shape index (κ1) is 17.1. The van der Waals surface area contributed by atoms with Gasteiger partial charge in [0.25, 0.3) is 0 Å². The number of benzene rings is 1. The zero-order chi connectivity index (χ0) is 11.9. The Kier molecular flexibility index (Phi) is 9.08. The normalized spacial score (nSPS) is 11.0. The maximum absolute atomic E-state index is 9.07. The average molecular weight is 250 g/mol. The van der Waals surface area contributed by atoms with Crippen molar-refractivity contribution in [3.8, 4) is 0 Å². The summed E-state index contributed by atoms with van der Waals surface area (Å²) < 4.78 is 5.38. The van der Waals surface area contributed by atoms with Crippen LogP contribution in [0, 0.1) is 5.41 Å². The predicted octanol–water partition coefficient (Wildman–Crippen LogP) is -2.72. The van der Waals surface area contributed by atoms with E-state index in [1.165, 1.54) is 0 Å². The smallest absolute Gasteiger partial charge is 1.00 e. The van der Waals surface area contributed by atoms with Crippen LogP contribution in [0.5, 0.6) is 0 Å². The van der Waals surface area contributed by atoms with Crippen molar-refractivity contribution in [1.29, 1.82) is 0 Å². The van der Waals surface area contributed by atoms with Crippen molar-refractivity contribution in [2.24, 2.45) is 5.41 Å². The molecule has 0 fully saturated rings. The van der Waals surface area contributed by atoms with E-state index in [9.17, 15) is 0 Å². The number of ether oxygens (including phenoxy) is 1. The summed E-state index contributed by atoms with van der Waals surface area (Å²) in [6, 6.07) is 9.60. The van der Waals surface area contributed by atoms with Crippen LogP contribution in [-0.2, 0) is 11.3 Å². The SMILES string of the molecule is OCC(CO)(CO)COCc1ccccc1.[H-].[Na+]. The number of rotatable bonds is 7. The van der Waals surface area contributed by atoms with E-state index in [0.29, 0.717) is 6.61 Å². The second kappa shape index (κ2) is 9.05. The molecule has 0 bridgehead atoms. The summed E-state index contributed by atoms with van der Waals surface area (Å²) in [4.78, 5) is 0. The molecule has 0 saturated carbocycles. The van der Waals surface area contributed by atoms with Crippen LogP contribution in [0.3, 0.4) is 0 Å². The van der Waals surface area contributed by atoms with Crippen LogP contribution >= 0.6 is 0 Å². The molecule has 1 aromatic rings. The van der Waals surface area contributed by atoms with Crippen LogP contribution in [0.15, 0.2) is 30.3 Å². The molecule has 0 aromatic heterocycles. The third-order valence-electron chi connectivity index (χ3n) is 2.53. The maximum atomic E-state index is 9.07. The van der Waals surface area contributed by atoms with E-state index < -0.39 is 5.41 Å². The average Bonchev–Trinajstić information content (AvgIpc) is 2.37. The van der Waals surface area contributed by atoms with Crippen LogP contribution in [0.25, 0.3) is 0 Å². The fourth-order valence-corrected chi connectivity index (χ4v) is 1.25. The molecular weight excluding hydrogens is 231 g/mol. The van der Waals surface area contributed by atoms with E-state index in [0.717, 1.165) is 5.56 Å². The zero-order valence-electron chi connectivity index (χ0n) is 11.2. The Morgan fingerprint density at radius 3 is 2.00 bits per heavy atom. The summed E-state index contributed by atoms with van der Waals surface area (Å²) in [5, 5.41) is 27.2. The van der Waals surface area contributed by atoms with Crippen LogP contribution in [0.4, 0.5) is 0 Å². The predicted molar refractivity (Wildman–Crippen MR) is 60.9 cm³/mol. The van der Waals surface area contributed by atoms with E-state index in [1.807, 2.05) is 30.3 Å². The van der Waals surface area contributed by atoms with E-state index in [4.69, 9.17) is 20.1 Å². The molecule has 0 spiro atoms. The first-order valence-electron chi connectivity index (χ1n) is 5.20. The maximum Gasteiger partial charge on any atom is 1.00 e. The minimum atomic E-state index is -0.950. The summed E-state index contributed by atoms with van der Waals surface area (Å²) >= 11 is 0. The summed E-state index contributed by atoms with van der Waals surface area (Å²) in [6.45, 7) is -0.355. The van der Waals surface area contributed by atoms with Gasteiger partial charge in [-0.1, -0.05) is 30.3 Å². The van der Waals surface area contributed by atoms with Gasteiger partial charge in [-0.15, -0.1) is 0 Å². The minimum absolute atomic E-state index is 0. The molecule has 17 heavy (non-hydrogen) atoms. The summed E-state index contributed by atoms with van der Waals surface area (Å²) in [6.07, 6.45) is 0. The van der Waals surface area contributed by atoms with E-state index in [2.05, 4.69) is 0 Å². The van der Waals surface area contributed by atoms with Crippen LogP contribution in [-0.4, -0.2) is 41.7 Å². The van der Waals surface area contributed by atoms with E-state index in [1.54, 1.807) is 0 Å². The Labute approximate surface area is 125 Å². The number of hydrogen-bond acceptors (Lipinski definition) is 4. The Balaban J connectivity index is 0. The number of aliphatic hydroxyl groups excluding tert-OH is 3. The van der Waals surface area contributed by atoms with Gasteiger partial charge < -0.3 is 21.5 Å². The van der Waals surface area contributed by atoms with Crippen molar-refractivity contribution >= 4 is 0 Å². The summed E-state index contributed by atoms with van der Waals surface area (Å²) in [5.74, 6) is 0. The Bertz CT molecular complexity index is 285. The van der Waals surface area contributed by atoms with Gasteiger partial charge in [0.2, 0.25) is 0 Å². The molecule has 0 aliphatic rings. The largest absolute Gasteiger partial charge is 1.00 e. The standard InChI is InChI=1S/C12H18O4.Na.H/c13-7-12(8-14,9-15)10-16-6-11-4-2-1-3-5-11;;/h1-5,13-15H,6-10H2;;/q;+1;-1. The number of aliphatic hydroxyl groups is 3. The van der Waals surface area contributed by atoms with Crippen molar-refractivity contribution in [3.63, 3.8) is 0 Å². The van der Waals surface area contributed by atoms with Gasteiger partial charge in [0, 0.05) is 0 Å². The number of hydrogen-bond donors (Lipinski definition) is 3. The topological polar surface area (TPSA) is 69.9 Å². The molecule has 1 aromatic carbocycles. The monoisotopic (exact) mass is 250 g/mol. The van der Waals surface area contributed by atoms with Crippen molar-refractivity contribution in [1.82, 2.24) is 0 Å². The molecule has 3 N–H and O–H groups in total. The molecule has 0 unspecified atom stereocenters. The fourth-order valence-electron chi connectivity index (χ4n) is 1.25. The molecule has 0 aliphatic heterocycles. The molecular formula is C12H19NaO4. The Morgan fingerprint density at radius 2 is 1.53 bits per heavy atom. The van der Waals surface area contributed by atoms with Gasteiger partial charge in [0.05, 0.1) is 38.4 Å². The van der Waals surface area contributed by atoms with Crippen LogP contribution in [0.2, 0.25) is 0 Å². The molecule has 0 aliphatic carbocycles. The van der Waals surface area contributed by atoms with Gasteiger partial charge in [0.15, 0.2) is 0 Å². The van der Waals surface area contributed by atoms with Crippen LogP contribution in [0.1, 0.15) is 6.99 Å². The fraction of sp³-hybridized carbons (Fsp3) is 0.500. The van der Waals surface area contributed by atoms with E-state index >= 15 is 0 Å². The van der Waals surface area contributed by atoms with Crippen LogP contribution < -0.4 is 29.6 Å². The van der Waals surface area contributed by atoms with Crippen molar-refractivity contribution in [2.45, 2.75) is 6.61 Å². The van der Waals surface area contributed by atoms with Gasteiger partial charge in [-0.25, -0.2) is 0 Å². The van der Waals surface area contributed by atoms with E-state index in [-0.39, 0.29) is 57.4 Å². The summed E-state index contributed by atoms with van der Waals surface area (Å²) in [5.41, 5.74) is 0.0691. The molecule has 0 amide bonds. The van der Waals surface area contributed by atoms with Gasteiger partial charge in [-0.05, 0) is 5.56 Å². The van der Waals surface area contributed by atoms with Gasteiger partial charge in [-0.2, -0.15) is 0 Å². The molecule has 0 heterocycles. The zero-order valence-corrected chi connectivity index (χ0v) is 12.2. The first-order chi connectivity index (χ1) is 7.76. The van der Waals surface area contributed by atoms with Gasteiger partial charge in [-0.3, -0.25) is 0 Å². The Hall–Kier alpha value is 0.0600. The molecule has 4 nitrogen and oxygen atoms in total. The summed E-state index contributed by atoms with van der Waals surface area (Å²) in [7, 11) is 0. The molecule has 1 rings (SSSR count). The molecule has 0 atom stereocenters. The van der Waals surface area contributed by atoms with Crippen molar-refractivity contribution in [3.05, 3.63) is 35.9 Å². The molecule has 0 saturated heterocycles. The molecule has 0 radical (unpaired) electrons. The van der Waals surface area contributed by atoms with Gasteiger partial charge >= 0.3 is 29.6 Å². The second-order valence-electron chi connectivity index (χ2n) is 3.95. The third kappa shape index (κ3) is 5.48.